The van der Waals surface area contributed by atoms with Gasteiger partial charge in [0.15, 0.2) is 0 Å². The molecule has 0 unspecified atom stereocenters. The second-order valence-electron chi connectivity index (χ2n) is 4.16. The molecule has 2 aromatic rings. The number of aromatic nitrogens is 1. The van der Waals surface area contributed by atoms with Crippen LogP contribution >= 0.6 is 0 Å². The van der Waals surface area contributed by atoms with Crippen molar-refractivity contribution < 1.29 is 14.6 Å². The molecular formula is C15H16N2O3. The molecule has 5 nitrogen and oxygen atoms in total. The van der Waals surface area contributed by atoms with Crippen LogP contribution in [0.2, 0.25) is 0 Å². The van der Waals surface area contributed by atoms with Crippen molar-refractivity contribution in [1.29, 1.82) is 0 Å². The van der Waals surface area contributed by atoms with E-state index >= 15 is 0 Å². The molecule has 1 aromatic carbocycles. The van der Waals surface area contributed by atoms with E-state index in [0.29, 0.717) is 18.7 Å². The van der Waals surface area contributed by atoms with Crippen LogP contribution in [-0.4, -0.2) is 22.7 Å². The van der Waals surface area contributed by atoms with Crippen LogP contribution in [0.5, 0.6) is 5.75 Å². The number of carbonyl (C=O) groups excluding carboxylic acids is 1. The minimum absolute atomic E-state index is 0.137. The van der Waals surface area contributed by atoms with E-state index in [0.717, 1.165) is 11.4 Å². The van der Waals surface area contributed by atoms with Gasteiger partial charge in [-0.3, -0.25) is 4.98 Å². The number of aromatic hydroxyl groups is 1. The first-order chi connectivity index (χ1) is 9.69. The summed E-state index contributed by atoms with van der Waals surface area (Å²) >= 11 is 0. The molecule has 0 amide bonds. The Labute approximate surface area is 117 Å². The smallest absolute Gasteiger partial charge is 0.338 e. The fourth-order valence-electron chi connectivity index (χ4n) is 1.68. The molecule has 0 spiro atoms. The van der Waals surface area contributed by atoms with Crippen LogP contribution in [-0.2, 0) is 11.3 Å². The van der Waals surface area contributed by atoms with Gasteiger partial charge in [0.1, 0.15) is 5.75 Å². The highest BCUT2D eigenvalue weighted by Crippen LogP contribution is 2.13. The number of nitrogens with one attached hydrogen (secondary N) is 1. The van der Waals surface area contributed by atoms with Crippen molar-refractivity contribution in [3.8, 4) is 5.75 Å². The molecule has 1 aromatic heterocycles. The fraction of sp³-hybridized carbons (Fsp3) is 0.200. The molecule has 2 N–H and O–H groups in total. The maximum Gasteiger partial charge on any atom is 0.338 e. The zero-order valence-electron chi connectivity index (χ0n) is 11.2. The Morgan fingerprint density at radius 2 is 2.20 bits per heavy atom. The average molecular weight is 272 g/mol. The van der Waals surface area contributed by atoms with Crippen molar-refractivity contribution in [3.05, 3.63) is 53.9 Å². The summed E-state index contributed by atoms with van der Waals surface area (Å²) in [7, 11) is 0. The molecule has 0 aliphatic heterocycles. The summed E-state index contributed by atoms with van der Waals surface area (Å²) in [4.78, 5) is 15.7. The molecule has 0 radical (unpaired) electrons. The Morgan fingerprint density at radius 3 is 2.90 bits per heavy atom. The molecule has 0 atom stereocenters. The van der Waals surface area contributed by atoms with Crippen molar-refractivity contribution in [3.63, 3.8) is 0 Å². The van der Waals surface area contributed by atoms with Gasteiger partial charge < -0.3 is 15.2 Å². The third kappa shape index (κ3) is 3.71. The van der Waals surface area contributed by atoms with Crippen LogP contribution in [0.3, 0.4) is 0 Å². The number of nitrogens with zero attached hydrogens (tertiary/aromatic N) is 1. The second-order valence-corrected chi connectivity index (χ2v) is 4.16. The van der Waals surface area contributed by atoms with Gasteiger partial charge in [0, 0.05) is 5.69 Å². The average Bonchev–Trinajstić information content (AvgIpc) is 2.47. The Bertz CT molecular complexity index is 582. The topological polar surface area (TPSA) is 71.5 Å². The summed E-state index contributed by atoms with van der Waals surface area (Å²) in [5.41, 5.74) is 2.12. The molecule has 0 aliphatic carbocycles. The molecule has 0 fully saturated rings. The largest absolute Gasteiger partial charge is 0.506 e. The van der Waals surface area contributed by atoms with Gasteiger partial charge in [0.25, 0.3) is 0 Å². The van der Waals surface area contributed by atoms with Crippen LogP contribution in [0, 0.1) is 0 Å². The first kappa shape index (κ1) is 13.9. The van der Waals surface area contributed by atoms with E-state index in [2.05, 4.69) is 10.3 Å². The monoisotopic (exact) mass is 272 g/mol. The fourth-order valence-corrected chi connectivity index (χ4v) is 1.68. The van der Waals surface area contributed by atoms with Gasteiger partial charge in [-0.05, 0) is 37.3 Å². The number of ether oxygens (including phenoxy) is 1. The highest BCUT2D eigenvalue weighted by molar-refractivity contribution is 5.90. The van der Waals surface area contributed by atoms with Crippen molar-refractivity contribution in [2.45, 2.75) is 13.5 Å². The SMILES string of the molecule is CCOC(=O)c1cccc(NCc2ccc(O)cn2)c1. The van der Waals surface area contributed by atoms with Crippen molar-refractivity contribution >= 4 is 11.7 Å². The summed E-state index contributed by atoms with van der Waals surface area (Å²) in [6.07, 6.45) is 1.39. The Kier molecular flexibility index (Phi) is 4.55. The van der Waals surface area contributed by atoms with Crippen molar-refractivity contribution in [1.82, 2.24) is 4.98 Å². The molecule has 104 valence electrons. The normalized spacial score (nSPS) is 10.1. The Balaban J connectivity index is 2.01. The lowest BCUT2D eigenvalue weighted by Gasteiger charge is -2.08. The molecule has 0 saturated heterocycles. The maximum absolute atomic E-state index is 11.6. The van der Waals surface area contributed by atoms with Gasteiger partial charge in [0.05, 0.1) is 30.6 Å². The Morgan fingerprint density at radius 1 is 1.35 bits per heavy atom. The zero-order valence-corrected chi connectivity index (χ0v) is 11.2. The van der Waals surface area contributed by atoms with E-state index in [-0.39, 0.29) is 11.7 Å². The number of anilines is 1. The summed E-state index contributed by atoms with van der Waals surface area (Å²) in [6, 6.07) is 10.4. The Hall–Kier alpha value is -2.56. The lowest BCUT2D eigenvalue weighted by Crippen LogP contribution is -2.06. The van der Waals surface area contributed by atoms with Gasteiger partial charge in [0.2, 0.25) is 0 Å². The molecular weight excluding hydrogens is 256 g/mol. The van der Waals surface area contributed by atoms with Crippen LogP contribution in [0.1, 0.15) is 23.0 Å². The zero-order chi connectivity index (χ0) is 14.4. The number of carbonyl (C=O) groups is 1. The molecule has 20 heavy (non-hydrogen) atoms. The van der Waals surface area contributed by atoms with E-state index < -0.39 is 0 Å². The lowest BCUT2D eigenvalue weighted by atomic mass is 10.2. The standard InChI is InChI=1S/C15H16N2O3/c1-2-20-15(19)11-4-3-5-12(8-11)16-9-13-6-7-14(18)10-17-13/h3-8,10,16,18H,2,9H2,1H3. The minimum Gasteiger partial charge on any atom is -0.506 e. The van der Waals surface area contributed by atoms with Gasteiger partial charge >= 0.3 is 5.97 Å². The van der Waals surface area contributed by atoms with Gasteiger partial charge in [-0.1, -0.05) is 6.07 Å². The second kappa shape index (κ2) is 6.56. The lowest BCUT2D eigenvalue weighted by molar-refractivity contribution is 0.0526. The highest BCUT2D eigenvalue weighted by atomic mass is 16.5. The van der Waals surface area contributed by atoms with Crippen LogP contribution < -0.4 is 5.32 Å². The highest BCUT2D eigenvalue weighted by Gasteiger charge is 2.06. The number of hydrogen-bond donors (Lipinski definition) is 2. The molecule has 1 heterocycles. The first-order valence-electron chi connectivity index (χ1n) is 6.34. The van der Waals surface area contributed by atoms with Gasteiger partial charge in [-0.2, -0.15) is 0 Å². The van der Waals surface area contributed by atoms with E-state index in [4.69, 9.17) is 9.84 Å². The maximum atomic E-state index is 11.6. The van der Waals surface area contributed by atoms with Crippen molar-refractivity contribution in [2.24, 2.45) is 0 Å². The number of rotatable bonds is 5. The van der Waals surface area contributed by atoms with E-state index in [9.17, 15) is 4.79 Å². The quantitative estimate of drug-likeness (QED) is 0.818. The molecule has 0 saturated carbocycles. The summed E-state index contributed by atoms with van der Waals surface area (Å²) in [6.45, 7) is 2.64. The van der Waals surface area contributed by atoms with Crippen molar-refractivity contribution in [2.75, 3.05) is 11.9 Å². The van der Waals surface area contributed by atoms with Gasteiger partial charge in [-0.25, -0.2) is 4.79 Å². The minimum atomic E-state index is -0.334. The number of pyridine rings is 1. The molecule has 5 heteroatoms. The third-order valence-corrected chi connectivity index (χ3v) is 2.66. The van der Waals surface area contributed by atoms with E-state index in [1.54, 1.807) is 37.3 Å². The van der Waals surface area contributed by atoms with Crippen LogP contribution in [0.15, 0.2) is 42.6 Å². The predicted octanol–water partition coefficient (Wildman–Crippen LogP) is 2.58. The summed E-state index contributed by atoms with van der Waals surface area (Å²) < 4.78 is 4.95. The van der Waals surface area contributed by atoms with Crippen LogP contribution in [0.4, 0.5) is 5.69 Å². The molecule has 0 bridgehead atoms. The number of esters is 1. The number of benzene rings is 1. The predicted molar refractivity (Wildman–Crippen MR) is 75.6 cm³/mol. The third-order valence-electron chi connectivity index (χ3n) is 2.66. The summed E-state index contributed by atoms with van der Waals surface area (Å²) in [5, 5.41) is 12.3. The summed E-state index contributed by atoms with van der Waals surface area (Å²) in [5.74, 6) is -0.197. The molecule has 0 aliphatic rings. The molecule has 2 rings (SSSR count). The first-order valence-corrected chi connectivity index (χ1v) is 6.34. The van der Waals surface area contributed by atoms with E-state index in [1.807, 2.05) is 6.07 Å². The number of hydrogen-bond acceptors (Lipinski definition) is 5. The van der Waals surface area contributed by atoms with Crippen LogP contribution in [0.25, 0.3) is 0 Å². The van der Waals surface area contributed by atoms with E-state index in [1.165, 1.54) is 6.20 Å². The van der Waals surface area contributed by atoms with Gasteiger partial charge in [-0.15, -0.1) is 0 Å².